The van der Waals surface area contributed by atoms with Crippen molar-refractivity contribution in [2.24, 2.45) is 5.92 Å². The van der Waals surface area contributed by atoms with Gasteiger partial charge in [0.25, 0.3) is 0 Å². The monoisotopic (exact) mass is 349 g/mol. The lowest BCUT2D eigenvalue weighted by Crippen LogP contribution is -2.47. The van der Waals surface area contributed by atoms with Crippen LogP contribution in [0.5, 0.6) is 0 Å². The molecule has 1 aromatic carbocycles. The first-order chi connectivity index (χ1) is 12.7. The molecule has 5 rings (SSSR count). The van der Waals surface area contributed by atoms with Gasteiger partial charge in [0.1, 0.15) is 0 Å². The molecular formula is C21H23N3O2. The van der Waals surface area contributed by atoms with Gasteiger partial charge in [-0.3, -0.25) is 14.6 Å². The first-order valence-corrected chi connectivity index (χ1v) is 9.22. The SMILES string of the molecule is O=C(Cc1ccncc1)N1C[C@@H]2CC[C@H](C1)N(Cc1ccccc1)C2=O. The van der Waals surface area contributed by atoms with E-state index in [2.05, 4.69) is 17.1 Å². The lowest BCUT2D eigenvalue weighted by atomic mass is 9.93. The van der Waals surface area contributed by atoms with E-state index in [0.29, 0.717) is 26.1 Å². The fourth-order valence-corrected chi connectivity index (χ4v) is 4.02. The number of amides is 2. The van der Waals surface area contributed by atoms with Crippen LogP contribution < -0.4 is 0 Å². The predicted molar refractivity (Wildman–Crippen MR) is 98.0 cm³/mol. The van der Waals surface area contributed by atoms with E-state index in [4.69, 9.17) is 0 Å². The number of carbonyl (C=O) groups is 2. The maximum atomic E-state index is 12.9. The van der Waals surface area contributed by atoms with Crippen molar-refractivity contribution in [3.63, 3.8) is 0 Å². The van der Waals surface area contributed by atoms with Gasteiger partial charge >= 0.3 is 0 Å². The zero-order valence-corrected chi connectivity index (χ0v) is 14.8. The Labute approximate surface area is 153 Å². The van der Waals surface area contributed by atoms with Crippen LogP contribution in [0.15, 0.2) is 54.9 Å². The molecule has 0 spiro atoms. The Morgan fingerprint density at radius 2 is 1.77 bits per heavy atom. The maximum Gasteiger partial charge on any atom is 0.228 e. The summed E-state index contributed by atoms with van der Waals surface area (Å²) in [4.78, 5) is 33.6. The molecule has 2 amide bonds. The fraction of sp³-hybridized carbons (Fsp3) is 0.381. The van der Waals surface area contributed by atoms with E-state index in [1.165, 1.54) is 0 Å². The third-order valence-corrected chi connectivity index (χ3v) is 5.45. The van der Waals surface area contributed by atoms with Gasteiger partial charge in [-0.1, -0.05) is 30.3 Å². The number of aromatic nitrogens is 1. The minimum absolute atomic E-state index is 0.0705. The van der Waals surface area contributed by atoms with Crippen LogP contribution in [0.4, 0.5) is 0 Å². The van der Waals surface area contributed by atoms with E-state index in [1.807, 2.05) is 40.1 Å². The smallest absolute Gasteiger partial charge is 0.228 e. The van der Waals surface area contributed by atoms with Crippen molar-refractivity contribution in [1.82, 2.24) is 14.8 Å². The zero-order chi connectivity index (χ0) is 17.9. The summed E-state index contributed by atoms with van der Waals surface area (Å²) in [5.74, 6) is 0.227. The average Bonchev–Trinajstić information content (AvgIpc) is 2.96. The van der Waals surface area contributed by atoms with E-state index < -0.39 is 0 Å². The Bertz CT molecular complexity index is 778. The van der Waals surface area contributed by atoms with Crippen LogP contribution in [0.2, 0.25) is 0 Å². The summed E-state index contributed by atoms with van der Waals surface area (Å²) < 4.78 is 0. The molecule has 0 radical (unpaired) electrons. The van der Waals surface area contributed by atoms with Crippen molar-refractivity contribution in [1.29, 1.82) is 0 Å². The normalized spacial score (nSPS) is 22.4. The van der Waals surface area contributed by atoms with Crippen molar-refractivity contribution < 1.29 is 9.59 Å². The van der Waals surface area contributed by atoms with Gasteiger partial charge in [-0.05, 0) is 36.1 Å². The van der Waals surface area contributed by atoms with Crippen molar-refractivity contribution in [2.75, 3.05) is 13.1 Å². The fourth-order valence-electron chi connectivity index (χ4n) is 4.02. The number of carbonyl (C=O) groups excluding carboxylic acids is 2. The van der Waals surface area contributed by atoms with Crippen molar-refractivity contribution in [3.05, 3.63) is 66.0 Å². The van der Waals surface area contributed by atoms with Crippen LogP contribution in [-0.4, -0.2) is 45.7 Å². The number of fused-ring (bicyclic) bond motifs is 4. The molecule has 0 unspecified atom stereocenters. The Kier molecular flexibility index (Phi) is 4.69. The Morgan fingerprint density at radius 3 is 2.54 bits per heavy atom. The first kappa shape index (κ1) is 16.8. The molecule has 3 saturated heterocycles. The van der Waals surface area contributed by atoms with Gasteiger partial charge in [0.15, 0.2) is 0 Å². The molecule has 5 heteroatoms. The molecule has 0 aliphatic carbocycles. The third-order valence-electron chi connectivity index (χ3n) is 5.45. The Hall–Kier alpha value is -2.69. The molecule has 3 aliphatic heterocycles. The van der Waals surface area contributed by atoms with Crippen LogP contribution in [0.3, 0.4) is 0 Å². The van der Waals surface area contributed by atoms with E-state index >= 15 is 0 Å². The second kappa shape index (κ2) is 7.28. The molecular weight excluding hydrogens is 326 g/mol. The first-order valence-electron chi connectivity index (χ1n) is 9.22. The molecule has 2 aromatic rings. The minimum atomic E-state index is -0.0705. The Balaban J connectivity index is 1.48. The van der Waals surface area contributed by atoms with E-state index in [0.717, 1.165) is 24.0 Å². The molecule has 2 atom stereocenters. The van der Waals surface area contributed by atoms with Crippen LogP contribution in [0.25, 0.3) is 0 Å². The van der Waals surface area contributed by atoms with Crippen molar-refractivity contribution >= 4 is 11.8 Å². The topological polar surface area (TPSA) is 53.5 Å². The van der Waals surface area contributed by atoms with Gasteiger partial charge in [0, 0.05) is 38.1 Å². The summed E-state index contributed by atoms with van der Waals surface area (Å²) in [6.45, 7) is 1.82. The number of pyridine rings is 1. The quantitative estimate of drug-likeness (QED) is 0.851. The van der Waals surface area contributed by atoms with Crippen molar-refractivity contribution in [2.45, 2.75) is 31.8 Å². The van der Waals surface area contributed by atoms with Gasteiger partial charge in [0.05, 0.1) is 12.3 Å². The highest BCUT2D eigenvalue weighted by Crippen LogP contribution is 2.30. The van der Waals surface area contributed by atoms with Gasteiger partial charge < -0.3 is 9.80 Å². The number of rotatable bonds is 4. The molecule has 3 fully saturated rings. The van der Waals surface area contributed by atoms with Crippen LogP contribution in [0.1, 0.15) is 24.0 Å². The van der Waals surface area contributed by atoms with E-state index in [1.54, 1.807) is 12.4 Å². The molecule has 4 heterocycles. The molecule has 0 N–H and O–H groups in total. The standard InChI is InChI=1S/C21H23N3O2/c25-20(12-16-8-10-22-11-9-16)23-14-18-6-7-19(15-23)24(21(18)26)13-17-4-2-1-3-5-17/h1-5,8-11,18-19H,6-7,12-15H2/t18-,19+/m0/s1. The van der Waals surface area contributed by atoms with Crippen molar-refractivity contribution in [3.8, 4) is 0 Å². The number of hydrogen-bond acceptors (Lipinski definition) is 3. The number of nitrogens with zero attached hydrogens (tertiary/aromatic N) is 3. The van der Waals surface area contributed by atoms with Gasteiger partial charge in [-0.25, -0.2) is 0 Å². The largest absolute Gasteiger partial charge is 0.340 e. The summed E-state index contributed by atoms with van der Waals surface area (Å²) in [6.07, 6.45) is 5.64. The van der Waals surface area contributed by atoms with Gasteiger partial charge in [-0.15, -0.1) is 0 Å². The summed E-state index contributed by atoms with van der Waals surface area (Å²) in [5.41, 5.74) is 2.11. The average molecular weight is 349 g/mol. The lowest BCUT2D eigenvalue weighted by molar-refractivity contribution is -0.140. The number of hydrogen-bond donors (Lipinski definition) is 0. The minimum Gasteiger partial charge on any atom is -0.340 e. The zero-order valence-electron chi connectivity index (χ0n) is 14.8. The molecule has 3 aliphatic rings. The van der Waals surface area contributed by atoms with E-state index in [-0.39, 0.29) is 23.8 Å². The number of piperidine rings is 1. The summed E-state index contributed by atoms with van der Waals surface area (Å²) in [6, 6.07) is 14.0. The van der Waals surface area contributed by atoms with Gasteiger partial charge in [0.2, 0.25) is 11.8 Å². The third kappa shape index (κ3) is 3.47. The molecule has 1 aromatic heterocycles. The van der Waals surface area contributed by atoms with Gasteiger partial charge in [-0.2, -0.15) is 0 Å². The molecule has 2 bridgehead atoms. The molecule has 5 nitrogen and oxygen atoms in total. The van der Waals surface area contributed by atoms with Crippen LogP contribution in [-0.2, 0) is 22.6 Å². The highest BCUT2D eigenvalue weighted by molar-refractivity contribution is 5.84. The lowest BCUT2D eigenvalue weighted by Gasteiger charge is -2.36. The molecule has 26 heavy (non-hydrogen) atoms. The maximum absolute atomic E-state index is 12.9. The summed E-state index contributed by atoms with van der Waals surface area (Å²) in [7, 11) is 0. The molecule has 134 valence electrons. The summed E-state index contributed by atoms with van der Waals surface area (Å²) >= 11 is 0. The second-order valence-corrected chi connectivity index (χ2v) is 7.21. The summed E-state index contributed by atoms with van der Waals surface area (Å²) in [5, 5.41) is 0. The predicted octanol–water partition coefficient (Wildman–Crippen LogP) is 2.27. The highest BCUT2D eigenvalue weighted by Gasteiger charge is 2.41. The Morgan fingerprint density at radius 1 is 1.00 bits per heavy atom. The molecule has 0 saturated carbocycles. The number of benzene rings is 1. The second-order valence-electron chi connectivity index (χ2n) is 7.21. The van der Waals surface area contributed by atoms with Crippen LogP contribution >= 0.6 is 0 Å². The highest BCUT2D eigenvalue weighted by atomic mass is 16.2. The van der Waals surface area contributed by atoms with E-state index in [9.17, 15) is 9.59 Å². The van der Waals surface area contributed by atoms with Crippen LogP contribution in [0, 0.1) is 5.92 Å².